The lowest BCUT2D eigenvalue weighted by Crippen LogP contribution is -2.49. The second kappa shape index (κ2) is 4.31. The minimum absolute atomic E-state index is 0.378. The van der Waals surface area contributed by atoms with Gasteiger partial charge in [0.25, 0.3) is 0 Å². The normalized spacial score (nSPS) is 17.8. The average Bonchev–Trinajstić information content (AvgIpc) is 2.58. The largest absolute Gasteiger partial charge is 0.342 e. The van der Waals surface area contributed by atoms with Gasteiger partial charge in [-0.05, 0) is 37.3 Å². The van der Waals surface area contributed by atoms with E-state index in [0.717, 1.165) is 12.2 Å². The number of aromatic nitrogens is 1. The molecule has 0 bridgehead atoms. The van der Waals surface area contributed by atoms with Gasteiger partial charge >= 0.3 is 0 Å². The van der Waals surface area contributed by atoms with Crippen LogP contribution in [0, 0.1) is 11.3 Å². The molecule has 0 radical (unpaired) electrons. The Morgan fingerprint density at radius 3 is 2.75 bits per heavy atom. The Balaban J connectivity index is 1.97. The van der Waals surface area contributed by atoms with E-state index in [4.69, 9.17) is 5.26 Å². The van der Waals surface area contributed by atoms with Crippen LogP contribution in [0.5, 0.6) is 0 Å². The fourth-order valence-corrected chi connectivity index (χ4v) is 2.39. The lowest BCUT2D eigenvalue weighted by atomic mass is 9.75. The fourth-order valence-electron chi connectivity index (χ4n) is 2.39. The molecule has 16 heavy (non-hydrogen) atoms. The van der Waals surface area contributed by atoms with E-state index in [1.165, 1.54) is 31.2 Å². The smallest absolute Gasteiger partial charge is 0.120 e. The zero-order chi connectivity index (χ0) is 11.6. The van der Waals surface area contributed by atoms with Gasteiger partial charge in [0, 0.05) is 25.3 Å². The van der Waals surface area contributed by atoms with Crippen LogP contribution in [-0.4, -0.2) is 10.1 Å². The van der Waals surface area contributed by atoms with Crippen molar-refractivity contribution in [3.8, 4) is 6.07 Å². The summed E-state index contributed by atoms with van der Waals surface area (Å²) in [4.78, 5) is 0. The average molecular weight is 217 g/mol. The lowest BCUT2D eigenvalue weighted by molar-refractivity contribution is 0.175. The maximum absolute atomic E-state index is 8.87. The van der Waals surface area contributed by atoms with Gasteiger partial charge in [0.15, 0.2) is 0 Å². The highest BCUT2D eigenvalue weighted by atomic mass is 15.0. The van der Waals surface area contributed by atoms with Crippen LogP contribution in [0.1, 0.15) is 43.9 Å². The Kier molecular flexibility index (Phi) is 3.02. The Morgan fingerprint density at radius 2 is 2.31 bits per heavy atom. The van der Waals surface area contributed by atoms with E-state index in [9.17, 15) is 0 Å². The Labute approximate surface area is 97.1 Å². The summed E-state index contributed by atoms with van der Waals surface area (Å²) in [6.07, 6.45) is 7.17. The zero-order valence-electron chi connectivity index (χ0n) is 10.1. The van der Waals surface area contributed by atoms with Gasteiger partial charge in [0.05, 0.1) is 0 Å². The molecule has 86 valence electrons. The summed E-state index contributed by atoms with van der Waals surface area (Å²) in [5.74, 6) is 0. The monoisotopic (exact) mass is 217 g/mol. The third-order valence-corrected chi connectivity index (χ3v) is 3.83. The molecule has 1 N–H and O–H groups in total. The molecule has 3 nitrogen and oxygen atoms in total. The molecule has 1 heterocycles. The first kappa shape index (κ1) is 11.2. The Bertz CT molecular complexity index is 402. The molecule has 0 atom stereocenters. The first-order chi connectivity index (χ1) is 7.69. The van der Waals surface area contributed by atoms with E-state index in [0.29, 0.717) is 5.54 Å². The highest BCUT2D eigenvalue weighted by Gasteiger charge is 2.34. The van der Waals surface area contributed by atoms with Crippen LogP contribution >= 0.6 is 0 Å². The second-order valence-electron chi connectivity index (χ2n) is 4.80. The van der Waals surface area contributed by atoms with Crippen molar-refractivity contribution >= 4 is 0 Å². The molecular weight excluding hydrogens is 198 g/mol. The number of hydrogen-bond acceptors (Lipinski definition) is 2. The molecule has 1 saturated carbocycles. The van der Waals surface area contributed by atoms with Crippen LogP contribution in [0.4, 0.5) is 0 Å². The van der Waals surface area contributed by atoms with Crippen molar-refractivity contribution in [2.75, 3.05) is 0 Å². The number of hydrogen-bond donors (Lipinski definition) is 1. The van der Waals surface area contributed by atoms with Crippen molar-refractivity contribution in [1.29, 1.82) is 5.26 Å². The summed E-state index contributed by atoms with van der Waals surface area (Å²) >= 11 is 0. The molecule has 1 fully saturated rings. The molecule has 3 heteroatoms. The summed E-state index contributed by atoms with van der Waals surface area (Å²) < 4.78 is 1.89. The molecule has 0 aromatic carbocycles. The quantitative estimate of drug-likeness (QED) is 0.840. The molecule has 0 saturated heterocycles. The lowest BCUT2D eigenvalue weighted by Gasteiger charge is -2.42. The molecule has 0 unspecified atom stereocenters. The Morgan fingerprint density at radius 1 is 1.56 bits per heavy atom. The highest BCUT2D eigenvalue weighted by molar-refractivity contribution is 5.28. The Hall–Kier alpha value is -1.27. The molecule has 0 spiro atoms. The molecular formula is C13H19N3. The summed E-state index contributed by atoms with van der Waals surface area (Å²) in [7, 11) is 1.92. The van der Waals surface area contributed by atoms with Crippen LogP contribution in [0.25, 0.3) is 0 Å². The van der Waals surface area contributed by atoms with Crippen molar-refractivity contribution in [2.45, 2.75) is 44.7 Å². The fraction of sp³-hybridized carbons (Fsp3) is 0.615. The predicted molar refractivity (Wildman–Crippen MR) is 63.8 cm³/mol. The van der Waals surface area contributed by atoms with Crippen LogP contribution in [0.3, 0.4) is 0 Å². The van der Waals surface area contributed by atoms with Gasteiger partial charge in [0.1, 0.15) is 11.8 Å². The minimum atomic E-state index is 0.378. The van der Waals surface area contributed by atoms with Crippen LogP contribution in [0.2, 0.25) is 0 Å². The van der Waals surface area contributed by atoms with E-state index in [1.54, 1.807) is 0 Å². The number of nitrogens with one attached hydrogen (secondary N) is 1. The van der Waals surface area contributed by atoms with Crippen LogP contribution < -0.4 is 5.32 Å². The van der Waals surface area contributed by atoms with Gasteiger partial charge in [-0.15, -0.1) is 0 Å². The number of nitriles is 1. The summed E-state index contributed by atoms with van der Waals surface area (Å²) in [5, 5.41) is 12.5. The van der Waals surface area contributed by atoms with Gasteiger partial charge in [-0.1, -0.05) is 6.92 Å². The van der Waals surface area contributed by atoms with E-state index < -0.39 is 0 Å². The van der Waals surface area contributed by atoms with Crippen LogP contribution in [-0.2, 0) is 13.6 Å². The van der Waals surface area contributed by atoms with Gasteiger partial charge < -0.3 is 9.88 Å². The summed E-state index contributed by atoms with van der Waals surface area (Å²) in [5.41, 5.74) is 2.32. The molecule has 0 amide bonds. The SMILES string of the molecule is CCC1(NCc2cc(C#N)n(C)c2)CCC1. The van der Waals surface area contributed by atoms with Gasteiger partial charge in [0.2, 0.25) is 0 Å². The zero-order valence-corrected chi connectivity index (χ0v) is 10.1. The third kappa shape index (κ3) is 1.98. The first-order valence-electron chi connectivity index (χ1n) is 5.99. The molecule has 1 aromatic rings. The van der Waals surface area contributed by atoms with Crippen molar-refractivity contribution in [3.05, 3.63) is 23.5 Å². The second-order valence-corrected chi connectivity index (χ2v) is 4.80. The van der Waals surface area contributed by atoms with E-state index in [1.807, 2.05) is 23.9 Å². The topological polar surface area (TPSA) is 40.8 Å². The maximum Gasteiger partial charge on any atom is 0.120 e. The number of nitrogens with zero attached hydrogens (tertiary/aromatic N) is 2. The first-order valence-corrected chi connectivity index (χ1v) is 5.99. The minimum Gasteiger partial charge on any atom is -0.342 e. The van der Waals surface area contributed by atoms with Crippen molar-refractivity contribution in [3.63, 3.8) is 0 Å². The predicted octanol–water partition coefficient (Wildman–Crippen LogP) is 2.32. The molecule has 0 aliphatic heterocycles. The highest BCUT2D eigenvalue weighted by Crippen LogP contribution is 2.34. The standard InChI is InChI=1S/C13H19N3/c1-3-13(5-4-6-13)15-9-11-7-12(8-14)16(2)10-11/h7,10,15H,3-6,9H2,1-2H3. The van der Waals surface area contributed by atoms with Crippen molar-refractivity contribution < 1.29 is 0 Å². The molecule has 1 aliphatic carbocycles. The maximum atomic E-state index is 8.87. The summed E-state index contributed by atoms with van der Waals surface area (Å²) in [6.45, 7) is 3.13. The van der Waals surface area contributed by atoms with Gasteiger partial charge in [-0.25, -0.2) is 0 Å². The van der Waals surface area contributed by atoms with Gasteiger partial charge in [-0.2, -0.15) is 5.26 Å². The molecule has 1 aliphatic rings. The van der Waals surface area contributed by atoms with E-state index in [-0.39, 0.29) is 0 Å². The van der Waals surface area contributed by atoms with Crippen molar-refractivity contribution in [2.24, 2.45) is 7.05 Å². The van der Waals surface area contributed by atoms with Crippen LogP contribution in [0.15, 0.2) is 12.3 Å². The third-order valence-electron chi connectivity index (χ3n) is 3.83. The van der Waals surface area contributed by atoms with E-state index >= 15 is 0 Å². The van der Waals surface area contributed by atoms with Gasteiger partial charge in [-0.3, -0.25) is 0 Å². The van der Waals surface area contributed by atoms with Crippen molar-refractivity contribution in [1.82, 2.24) is 9.88 Å². The molecule has 1 aromatic heterocycles. The molecule has 2 rings (SSSR count). The number of rotatable bonds is 4. The summed E-state index contributed by atoms with van der Waals surface area (Å²) in [6, 6.07) is 4.16. The van der Waals surface area contributed by atoms with E-state index in [2.05, 4.69) is 18.3 Å². The number of aryl methyl sites for hydroxylation is 1.